The number of fused-ring (bicyclic) bond motifs is 2. The zero-order valence-corrected chi connectivity index (χ0v) is 17.6. The van der Waals surface area contributed by atoms with E-state index in [0.29, 0.717) is 38.3 Å². The number of hydrogen-bond donors (Lipinski definition) is 1. The third kappa shape index (κ3) is 3.36. The normalized spacial score (nSPS) is 13.9. The van der Waals surface area contributed by atoms with Crippen LogP contribution in [0, 0.1) is 5.82 Å². The number of hydrogen-bond acceptors (Lipinski definition) is 6. The number of nitrogens with one attached hydrogen (secondary N) is 1. The molecule has 1 aliphatic rings. The van der Waals surface area contributed by atoms with Gasteiger partial charge in [-0.25, -0.2) is 9.37 Å². The lowest BCUT2D eigenvalue weighted by Gasteiger charge is -2.19. The minimum absolute atomic E-state index is 0.0746. The molecule has 32 heavy (non-hydrogen) atoms. The zero-order valence-electron chi connectivity index (χ0n) is 16.8. The van der Waals surface area contributed by atoms with Gasteiger partial charge < -0.3 is 10.1 Å². The first-order chi connectivity index (χ1) is 15.4. The van der Waals surface area contributed by atoms with Gasteiger partial charge in [-0.2, -0.15) is 0 Å². The number of amides is 1. The van der Waals surface area contributed by atoms with Gasteiger partial charge in [-0.3, -0.25) is 19.0 Å². The SMILES string of the molecule is CC(C(=O)c1ccc2c(c1)NC(=O)CO2)n1cnc2scc(-c3ccc(F)cc3)c2c1=O. The maximum atomic E-state index is 13.3. The summed E-state index contributed by atoms with van der Waals surface area (Å²) in [6.45, 7) is 1.55. The van der Waals surface area contributed by atoms with Gasteiger partial charge in [0.15, 0.2) is 12.4 Å². The van der Waals surface area contributed by atoms with Gasteiger partial charge in [0.2, 0.25) is 0 Å². The predicted octanol–water partition coefficient (Wildman–Crippen LogP) is 4.04. The van der Waals surface area contributed by atoms with Crippen molar-refractivity contribution in [2.45, 2.75) is 13.0 Å². The summed E-state index contributed by atoms with van der Waals surface area (Å²) in [6.07, 6.45) is 1.36. The first kappa shape index (κ1) is 20.1. The van der Waals surface area contributed by atoms with E-state index in [1.165, 1.54) is 40.4 Å². The molecule has 7 nitrogen and oxygen atoms in total. The molecule has 0 saturated carbocycles. The van der Waals surface area contributed by atoms with E-state index < -0.39 is 6.04 Å². The minimum Gasteiger partial charge on any atom is -0.482 e. The van der Waals surface area contributed by atoms with Crippen molar-refractivity contribution in [3.63, 3.8) is 0 Å². The molecule has 160 valence electrons. The lowest BCUT2D eigenvalue weighted by atomic mass is 10.0. The summed E-state index contributed by atoms with van der Waals surface area (Å²) in [5.74, 6) is -0.493. The highest BCUT2D eigenvalue weighted by molar-refractivity contribution is 7.17. The van der Waals surface area contributed by atoms with E-state index in [2.05, 4.69) is 10.3 Å². The highest BCUT2D eigenvalue weighted by atomic mass is 32.1. The third-order valence-electron chi connectivity index (χ3n) is 5.37. The van der Waals surface area contributed by atoms with Crippen molar-refractivity contribution in [3.8, 4) is 16.9 Å². The summed E-state index contributed by atoms with van der Waals surface area (Å²) in [5, 5.41) is 4.86. The van der Waals surface area contributed by atoms with Gasteiger partial charge in [0, 0.05) is 16.5 Å². The second-order valence-electron chi connectivity index (χ2n) is 7.38. The predicted molar refractivity (Wildman–Crippen MR) is 119 cm³/mol. The molecule has 1 aliphatic heterocycles. The number of ketones is 1. The molecule has 1 unspecified atom stereocenters. The van der Waals surface area contributed by atoms with Crippen molar-refractivity contribution in [1.82, 2.24) is 9.55 Å². The largest absolute Gasteiger partial charge is 0.482 e. The van der Waals surface area contributed by atoms with Crippen molar-refractivity contribution < 1.29 is 18.7 Å². The third-order valence-corrected chi connectivity index (χ3v) is 6.25. The molecule has 0 bridgehead atoms. The number of thiophene rings is 1. The Morgan fingerprint density at radius 1 is 1.22 bits per heavy atom. The first-order valence-electron chi connectivity index (χ1n) is 9.77. The van der Waals surface area contributed by atoms with E-state index in [4.69, 9.17) is 4.74 Å². The topological polar surface area (TPSA) is 90.3 Å². The molecule has 1 N–H and O–H groups in total. The molecule has 2 aromatic heterocycles. The van der Waals surface area contributed by atoms with Gasteiger partial charge >= 0.3 is 0 Å². The molecular weight excluding hydrogens is 433 g/mol. The van der Waals surface area contributed by atoms with E-state index in [9.17, 15) is 18.8 Å². The Kier molecular flexibility index (Phi) is 4.82. The quantitative estimate of drug-likeness (QED) is 0.475. The number of ether oxygens (including phenoxy) is 1. The second-order valence-corrected chi connectivity index (χ2v) is 8.24. The van der Waals surface area contributed by atoms with E-state index in [1.807, 2.05) is 0 Å². The summed E-state index contributed by atoms with van der Waals surface area (Å²) >= 11 is 1.31. The summed E-state index contributed by atoms with van der Waals surface area (Å²) < 4.78 is 19.9. The molecule has 0 aliphatic carbocycles. The highest BCUT2D eigenvalue weighted by Crippen LogP contribution is 2.32. The van der Waals surface area contributed by atoms with Crippen LogP contribution in [0.2, 0.25) is 0 Å². The Hall–Kier alpha value is -3.85. The molecule has 0 radical (unpaired) electrons. The fraction of sp³-hybridized carbons (Fsp3) is 0.130. The number of rotatable bonds is 4. The number of benzene rings is 2. The van der Waals surface area contributed by atoms with Gasteiger partial charge in [0.1, 0.15) is 16.4 Å². The molecule has 1 amide bonds. The van der Waals surface area contributed by atoms with Crippen LogP contribution in [0.5, 0.6) is 5.75 Å². The Morgan fingerprint density at radius 2 is 2.00 bits per heavy atom. The summed E-state index contributed by atoms with van der Waals surface area (Å²) in [7, 11) is 0. The molecule has 0 saturated heterocycles. The molecule has 5 rings (SSSR count). The maximum absolute atomic E-state index is 13.3. The lowest BCUT2D eigenvalue weighted by Crippen LogP contribution is -2.29. The monoisotopic (exact) mass is 449 g/mol. The molecule has 0 fully saturated rings. The van der Waals surface area contributed by atoms with Crippen molar-refractivity contribution in [2.75, 3.05) is 11.9 Å². The fourth-order valence-electron chi connectivity index (χ4n) is 3.67. The van der Waals surface area contributed by atoms with Crippen molar-refractivity contribution >= 4 is 38.9 Å². The van der Waals surface area contributed by atoms with Gasteiger partial charge in [-0.15, -0.1) is 11.3 Å². The van der Waals surface area contributed by atoms with Gasteiger partial charge in [0.25, 0.3) is 11.5 Å². The smallest absolute Gasteiger partial charge is 0.263 e. The van der Waals surface area contributed by atoms with Crippen LogP contribution in [0.3, 0.4) is 0 Å². The van der Waals surface area contributed by atoms with Crippen molar-refractivity contribution in [1.29, 1.82) is 0 Å². The van der Waals surface area contributed by atoms with Crippen LogP contribution < -0.4 is 15.6 Å². The molecule has 0 spiro atoms. The summed E-state index contributed by atoms with van der Waals surface area (Å²) in [4.78, 5) is 43.0. The van der Waals surface area contributed by atoms with Gasteiger partial charge in [0.05, 0.1) is 23.4 Å². The Labute approximate surface area is 185 Å². The number of nitrogens with zero attached hydrogens (tertiary/aromatic N) is 2. The Balaban J connectivity index is 1.54. The van der Waals surface area contributed by atoms with Gasteiger partial charge in [-0.05, 0) is 42.8 Å². The average molecular weight is 449 g/mol. The Morgan fingerprint density at radius 3 is 2.78 bits per heavy atom. The number of carbonyl (C=O) groups excluding carboxylic acids is 2. The maximum Gasteiger partial charge on any atom is 0.263 e. The van der Waals surface area contributed by atoms with E-state index in [1.54, 1.807) is 36.6 Å². The first-order valence-corrected chi connectivity index (χ1v) is 10.7. The van der Waals surface area contributed by atoms with Crippen molar-refractivity contribution in [2.24, 2.45) is 0 Å². The number of halogens is 1. The average Bonchev–Trinajstić information content (AvgIpc) is 3.23. The van der Waals surface area contributed by atoms with E-state index in [-0.39, 0.29) is 29.7 Å². The van der Waals surface area contributed by atoms with Crippen LogP contribution in [-0.2, 0) is 4.79 Å². The number of anilines is 1. The standard InChI is InChI=1S/C23H16FN3O4S/c1-12(21(29)14-4-7-18-17(8-14)26-19(28)9-31-18)27-11-25-22-20(23(27)30)16(10-32-22)13-2-5-15(24)6-3-13/h2-8,10-12H,9H2,1H3,(H,26,28). The van der Waals surface area contributed by atoms with Crippen LogP contribution in [0.25, 0.3) is 21.3 Å². The minimum atomic E-state index is -0.835. The summed E-state index contributed by atoms with van der Waals surface area (Å²) in [5.41, 5.74) is 1.73. The Bertz CT molecular complexity index is 1440. The molecule has 2 aromatic carbocycles. The zero-order chi connectivity index (χ0) is 22.4. The van der Waals surface area contributed by atoms with Gasteiger partial charge in [-0.1, -0.05) is 12.1 Å². The van der Waals surface area contributed by atoms with Crippen LogP contribution in [0.15, 0.2) is 59.0 Å². The fourth-order valence-corrected chi connectivity index (χ4v) is 4.57. The van der Waals surface area contributed by atoms with Crippen LogP contribution in [0.1, 0.15) is 23.3 Å². The highest BCUT2D eigenvalue weighted by Gasteiger charge is 2.24. The van der Waals surface area contributed by atoms with Crippen LogP contribution in [0.4, 0.5) is 10.1 Å². The van der Waals surface area contributed by atoms with E-state index in [0.717, 1.165) is 0 Å². The molecule has 3 heterocycles. The number of aromatic nitrogens is 2. The molecular formula is C23H16FN3O4S. The van der Waals surface area contributed by atoms with Crippen LogP contribution >= 0.6 is 11.3 Å². The molecule has 9 heteroatoms. The summed E-state index contributed by atoms with van der Waals surface area (Å²) in [6, 6.07) is 9.79. The lowest BCUT2D eigenvalue weighted by molar-refractivity contribution is -0.118. The van der Waals surface area contributed by atoms with E-state index >= 15 is 0 Å². The second kappa shape index (κ2) is 7.69. The molecule has 4 aromatic rings. The number of Topliss-reactive ketones (excluding diaryl/α,β-unsaturated/α-hetero) is 1. The van der Waals surface area contributed by atoms with Crippen molar-refractivity contribution in [3.05, 3.63) is 75.9 Å². The number of carbonyl (C=O) groups is 2. The molecule has 1 atom stereocenters. The van der Waals surface area contributed by atoms with Crippen LogP contribution in [-0.4, -0.2) is 27.8 Å².